The van der Waals surface area contributed by atoms with E-state index in [-0.39, 0.29) is 5.91 Å². The lowest BCUT2D eigenvalue weighted by Gasteiger charge is -2.21. The quantitative estimate of drug-likeness (QED) is 0.822. The number of nitrogens with one attached hydrogen (secondary N) is 1. The van der Waals surface area contributed by atoms with Crippen LogP contribution in [0.1, 0.15) is 13.8 Å². The van der Waals surface area contributed by atoms with Crippen LogP contribution in [0.25, 0.3) is 0 Å². The molecule has 0 aliphatic rings. The molecule has 0 fully saturated rings. The van der Waals surface area contributed by atoms with Crippen molar-refractivity contribution in [2.75, 3.05) is 11.9 Å². The first kappa shape index (κ1) is 11.8. The van der Waals surface area contributed by atoms with Crippen molar-refractivity contribution < 1.29 is 4.79 Å². The molecule has 1 amide bonds. The number of primary amides is 1. The monoisotopic (exact) mass is 227 g/mol. The van der Waals surface area contributed by atoms with Crippen molar-refractivity contribution in [2.24, 2.45) is 11.1 Å². The molecule has 0 radical (unpaired) electrons. The van der Waals surface area contributed by atoms with Gasteiger partial charge in [0.2, 0.25) is 5.91 Å². The number of nitrogens with two attached hydrogens (primary N) is 1. The van der Waals surface area contributed by atoms with E-state index in [9.17, 15) is 4.79 Å². The van der Waals surface area contributed by atoms with Crippen LogP contribution in [0, 0.1) is 5.41 Å². The first-order chi connectivity index (χ1) is 6.93. The number of anilines is 1. The molecule has 1 rings (SSSR count). The lowest BCUT2D eigenvalue weighted by Crippen LogP contribution is -2.37. The molecule has 3 N–H and O–H groups in total. The Hall–Kier alpha value is -1.29. The van der Waals surface area contributed by atoms with Gasteiger partial charge in [0, 0.05) is 12.7 Å². The average Bonchev–Trinajstić information content (AvgIpc) is 2.16. The van der Waals surface area contributed by atoms with Crippen LogP contribution in [-0.4, -0.2) is 17.4 Å². The largest absolute Gasteiger partial charge is 0.369 e. The van der Waals surface area contributed by atoms with E-state index < -0.39 is 5.41 Å². The second-order valence-electron chi connectivity index (χ2n) is 3.94. The minimum Gasteiger partial charge on any atom is -0.369 e. The maximum Gasteiger partial charge on any atom is 0.224 e. The standard InChI is InChI=1S/C10H14ClN3O/c1-10(2,9(12)15)6-14-8-7(11)4-3-5-13-8/h3-5H,6H2,1-2H3,(H2,12,15)(H,13,14). The number of carbonyl (C=O) groups is 1. The lowest BCUT2D eigenvalue weighted by atomic mass is 9.93. The number of rotatable bonds is 4. The zero-order valence-corrected chi connectivity index (χ0v) is 9.51. The van der Waals surface area contributed by atoms with E-state index >= 15 is 0 Å². The maximum absolute atomic E-state index is 11.1. The van der Waals surface area contributed by atoms with Crippen LogP contribution >= 0.6 is 11.6 Å². The molecule has 1 heterocycles. The summed E-state index contributed by atoms with van der Waals surface area (Å²) >= 11 is 5.89. The van der Waals surface area contributed by atoms with E-state index in [1.807, 2.05) is 0 Å². The van der Waals surface area contributed by atoms with Gasteiger partial charge in [-0.25, -0.2) is 4.98 Å². The minimum absolute atomic E-state index is 0.359. The molecule has 4 nitrogen and oxygen atoms in total. The van der Waals surface area contributed by atoms with Crippen LogP contribution in [-0.2, 0) is 4.79 Å². The predicted octanol–water partition coefficient (Wildman–Crippen LogP) is 1.66. The molecular weight excluding hydrogens is 214 g/mol. The highest BCUT2D eigenvalue weighted by Crippen LogP contribution is 2.20. The Kier molecular flexibility index (Phi) is 3.52. The van der Waals surface area contributed by atoms with Crippen molar-refractivity contribution >= 4 is 23.3 Å². The molecule has 0 aliphatic carbocycles. The summed E-state index contributed by atoms with van der Waals surface area (Å²) in [5.74, 6) is 0.204. The molecule has 15 heavy (non-hydrogen) atoms. The van der Waals surface area contributed by atoms with Crippen LogP contribution in [0.5, 0.6) is 0 Å². The van der Waals surface area contributed by atoms with Gasteiger partial charge in [-0.2, -0.15) is 0 Å². The molecule has 0 saturated heterocycles. The van der Waals surface area contributed by atoms with Crippen LogP contribution in [0.15, 0.2) is 18.3 Å². The van der Waals surface area contributed by atoms with Gasteiger partial charge < -0.3 is 11.1 Å². The summed E-state index contributed by atoms with van der Waals surface area (Å²) in [5, 5.41) is 3.52. The van der Waals surface area contributed by atoms with Crippen LogP contribution in [0.2, 0.25) is 5.02 Å². The molecule has 0 saturated carbocycles. The predicted molar refractivity (Wildman–Crippen MR) is 60.7 cm³/mol. The Morgan fingerprint density at radius 3 is 2.87 bits per heavy atom. The van der Waals surface area contributed by atoms with Crippen molar-refractivity contribution in [3.05, 3.63) is 23.4 Å². The Balaban J connectivity index is 2.66. The first-order valence-electron chi connectivity index (χ1n) is 4.58. The summed E-state index contributed by atoms with van der Waals surface area (Å²) < 4.78 is 0. The van der Waals surface area contributed by atoms with Crippen LogP contribution in [0.3, 0.4) is 0 Å². The summed E-state index contributed by atoms with van der Waals surface area (Å²) in [4.78, 5) is 15.1. The second kappa shape index (κ2) is 4.49. The number of halogens is 1. The van der Waals surface area contributed by atoms with Crippen molar-refractivity contribution in [1.29, 1.82) is 0 Å². The number of hydrogen-bond donors (Lipinski definition) is 2. The smallest absolute Gasteiger partial charge is 0.224 e. The van der Waals surface area contributed by atoms with Crippen molar-refractivity contribution in [3.8, 4) is 0 Å². The summed E-state index contributed by atoms with van der Waals surface area (Å²) in [6.45, 7) is 3.93. The van der Waals surface area contributed by atoms with Gasteiger partial charge in [-0.15, -0.1) is 0 Å². The third kappa shape index (κ3) is 3.09. The van der Waals surface area contributed by atoms with Gasteiger partial charge in [-0.05, 0) is 26.0 Å². The normalized spacial score (nSPS) is 11.1. The van der Waals surface area contributed by atoms with E-state index in [1.165, 1.54) is 0 Å². The SMILES string of the molecule is CC(C)(CNc1ncccc1Cl)C(N)=O. The van der Waals surface area contributed by atoms with Crippen molar-refractivity contribution in [3.63, 3.8) is 0 Å². The number of aromatic nitrogens is 1. The van der Waals surface area contributed by atoms with Crippen molar-refractivity contribution in [1.82, 2.24) is 4.98 Å². The highest BCUT2D eigenvalue weighted by atomic mass is 35.5. The van der Waals surface area contributed by atoms with Gasteiger partial charge in [0.15, 0.2) is 0 Å². The molecule has 0 unspecified atom stereocenters. The Morgan fingerprint density at radius 1 is 1.67 bits per heavy atom. The average molecular weight is 228 g/mol. The van der Waals surface area contributed by atoms with Crippen LogP contribution in [0.4, 0.5) is 5.82 Å². The summed E-state index contributed by atoms with van der Waals surface area (Å²) in [6, 6.07) is 3.47. The summed E-state index contributed by atoms with van der Waals surface area (Å²) in [6.07, 6.45) is 1.63. The van der Waals surface area contributed by atoms with Gasteiger partial charge in [0.05, 0.1) is 10.4 Å². The van der Waals surface area contributed by atoms with E-state index in [0.717, 1.165) is 0 Å². The molecule has 82 valence electrons. The number of nitrogens with zero attached hydrogens (tertiary/aromatic N) is 1. The van der Waals surface area contributed by atoms with Gasteiger partial charge in [-0.3, -0.25) is 4.79 Å². The van der Waals surface area contributed by atoms with Crippen LogP contribution < -0.4 is 11.1 Å². The van der Waals surface area contributed by atoms with Gasteiger partial charge in [0.25, 0.3) is 0 Å². The fourth-order valence-corrected chi connectivity index (χ4v) is 1.10. The molecular formula is C10H14ClN3O. The van der Waals surface area contributed by atoms with E-state index in [0.29, 0.717) is 17.4 Å². The molecule has 5 heteroatoms. The molecule has 0 atom stereocenters. The Bertz CT molecular complexity index is 365. The zero-order valence-electron chi connectivity index (χ0n) is 8.75. The topological polar surface area (TPSA) is 68.0 Å². The Labute approximate surface area is 93.8 Å². The van der Waals surface area contributed by atoms with Gasteiger partial charge in [-0.1, -0.05) is 11.6 Å². The Morgan fingerprint density at radius 2 is 2.33 bits per heavy atom. The van der Waals surface area contributed by atoms with E-state index in [1.54, 1.807) is 32.2 Å². The number of pyridine rings is 1. The molecule has 0 aromatic carbocycles. The second-order valence-corrected chi connectivity index (χ2v) is 4.34. The summed E-state index contributed by atoms with van der Waals surface area (Å²) in [7, 11) is 0. The molecule has 1 aromatic heterocycles. The number of carbonyl (C=O) groups excluding carboxylic acids is 1. The molecule has 0 spiro atoms. The first-order valence-corrected chi connectivity index (χ1v) is 4.95. The fraction of sp³-hybridized carbons (Fsp3) is 0.400. The molecule has 1 aromatic rings. The highest BCUT2D eigenvalue weighted by molar-refractivity contribution is 6.32. The summed E-state index contributed by atoms with van der Waals surface area (Å²) in [5.41, 5.74) is 4.62. The number of amides is 1. The van der Waals surface area contributed by atoms with Crippen molar-refractivity contribution in [2.45, 2.75) is 13.8 Å². The van der Waals surface area contributed by atoms with Gasteiger partial charge >= 0.3 is 0 Å². The molecule has 0 aliphatic heterocycles. The zero-order chi connectivity index (χ0) is 11.5. The van der Waals surface area contributed by atoms with E-state index in [2.05, 4.69) is 10.3 Å². The molecule has 0 bridgehead atoms. The third-order valence-corrected chi connectivity index (χ3v) is 2.43. The minimum atomic E-state index is -0.624. The lowest BCUT2D eigenvalue weighted by molar-refractivity contribution is -0.125. The van der Waals surface area contributed by atoms with Gasteiger partial charge in [0.1, 0.15) is 5.82 Å². The van der Waals surface area contributed by atoms with E-state index in [4.69, 9.17) is 17.3 Å². The fourth-order valence-electron chi connectivity index (χ4n) is 0.908. The number of hydrogen-bond acceptors (Lipinski definition) is 3. The maximum atomic E-state index is 11.1. The highest BCUT2D eigenvalue weighted by Gasteiger charge is 2.24. The third-order valence-electron chi connectivity index (χ3n) is 2.12.